The number of likely N-dealkylation sites (tertiary alicyclic amines) is 1. The van der Waals surface area contributed by atoms with Crippen LogP contribution < -0.4 is 10.9 Å². The Morgan fingerprint density at radius 1 is 0.971 bits per heavy atom. The third-order valence-corrected chi connectivity index (χ3v) is 6.50. The molecule has 0 saturated carbocycles. The van der Waals surface area contributed by atoms with E-state index in [2.05, 4.69) is 27.7 Å². The molecule has 4 rings (SSSR count). The minimum Gasteiger partial charge on any atom is -0.332 e. The van der Waals surface area contributed by atoms with Crippen LogP contribution in [0.1, 0.15) is 45.4 Å². The zero-order chi connectivity index (χ0) is 23.8. The maximum atomic E-state index is 12.4. The third kappa shape index (κ3) is 6.30. The molecule has 172 valence electrons. The summed E-state index contributed by atoms with van der Waals surface area (Å²) in [6, 6.07) is 18.7. The molecule has 0 radical (unpaired) electrons. The van der Waals surface area contributed by atoms with Gasteiger partial charge in [0.1, 0.15) is 5.69 Å². The molecule has 0 atom stereocenters. The van der Waals surface area contributed by atoms with Crippen LogP contribution in [0.2, 0.25) is 0 Å². The van der Waals surface area contributed by atoms with Crippen LogP contribution >= 0.6 is 11.3 Å². The van der Waals surface area contributed by atoms with Crippen molar-refractivity contribution in [1.29, 1.82) is 0 Å². The summed E-state index contributed by atoms with van der Waals surface area (Å²) in [4.78, 5) is 43.0. The lowest BCUT2D eigenvalue weighted by molar-refractivity contribution is -0.126. The predicted molar refractivity (Wildman–Crippen MR) is 130 cm³/mol. The summed E-state index contributed by atoms with van der Waals surface area (Å²) in [5.41, 5.74) is 6.80. The Balaban J connectivity index is 1.24. The summed E-state index contributed by atoms with van der Waals surface area (Å²) in [6.07, 6.45) is 1.71. The summed E-state index contributed by atoms with van der Waals surface area (Å²) < 4.78 is 0. The highest BCUT2D eigenvalue weighted by Gasteiger charge is 2.26. The van der Waals surface area contributed by atoms with Crippen molar-refractivity contribution in [1.82, 2.24) is 20.7 Å². The maximum absolute atomic E-state index is 12.4. The Bertz CT molecular complexity index is 1210. The number of carbonyl (C=O) groups excluding carboxylic acids is 3. The number of benzene rings is 2. The Morgan fingerprint density at radius 2 is 1.65 bits per heavy atom. The highest BCUT2D eigenvalue weighted by atomic mass is 32.1. The van der Waals surface area contributed by atoms with Gasteiger partial charge in [-0.2, -0.15) is 0 Å². The quantitative estimate of drug-likeness (QED) is 0.451. The van der Waals surface area contributed by atoms with Crippen molar-refractivity contribution in [3.05, 3.63) is 87.9 Å². The summed E-state index contributed by atoms with van der Waals surface area (Å²) in [7, 11) is 0. The van der Waals surface area contributed by atoms with Gasteiger partial charge in [0.25, 0.3) is 11.8 Å². The van der Waals surface area contributed by atoms with E-state index < -0.39 is 5.91 Å². The largest absolute Gasteiger partial charge is 0.332 e. The molecule has 0 unspecified atom stereocenters. The summed E-state index contributed by atoms with van der Waals surface area (Å²) in [5.74, 6) is 4.88. The highest BCUT2D eigenvalue weighted by Crippen LogP contribution is 2.30. The lowest BCUT2D eigenvalue weighted by Crippen LogP contribution is -2.42. The molecule has 1 fully saturated rings. The van der Waals surface area contributed by atoms with Crippen molar-refractivity contribution < 1.29 is 14.4 Å². The molecular formula is C26H24N4O3S. The first kappa shape index (κ1) is 23.2. The second kappa shape index (κ2) is 11.3. The Hall–Kier alpha value is -3.96. The van der Waals surface area contributed by atoms with Crippen molar-refractivity contribution in [3.63, 3.8) is 0 Å². The predicted octanol–water partition coefficient (Wildman–Crippen LogP) is 2.90. The van der Waals surface area contributed by atoms with Crippen molar-refractivity contribution in [2.24, 2.45) is 0 Å². The number of amides is 3. The first-order valence-electron chi connectivity index (χ1n) is 11.0. The van der Waals surface area contributed by atoms with Gasteiger partial charge in [0.2, 0.25) is 5.91 Å². The first-order chi connectivity index (χ1) is 16.6. The van der Waals surface area contributed by atoms with Crippen LogP contribution in [0.25, 0.3) is 0 Å². The SMILES string of the molecule is O=C(Cc1ccccc1)NNC(=O)c1csc(C2CCN(C(=O)C#Cc3ccccc3)CC2)n1. The molecule has 2 aromatic carbocycles. The number of nitrogens with zero attached hydrogens (tertiary/aromatic N) is 2. The number of hydrogen-bond donors (Lipinski definition) is 2. The lowest BCUT2D eigenvalue weighted by atomic mass is 9.97. The molecule has 0 bridgehead atoms. The number of hydrazine groups is 1. The van der Waals surface area contributed by atoms with E-state index in [0.717, 1.165) is 29.0 Å². The standard InChI is InChI=1S/C26H24N4O3S/c31-23(17-20-9-5-2-6-10-20)28-29-25(33)22-18-34-26(27-22)21-13-15-30(16-14-21)24(32)12-11-19-7-3-1-4-8-19/h1-10,18,21H,13-17H2,(H,28,31)(H,29,33). The second-order valence-corrected chi connectivity index (χ2v) is 8.81. The zero-order valence-corrected chi connectivity index (χ0v) is 19.3. The molecular weight excluding hydrogens is 448 g/mol. The molecule has 0 spiro atoms. The van der Waals surface area contributed by atoms with Gasteiger partial charge in [0.05, 0.1) is 11.4 Å². The molecule has 1 aliphatic heterocycles. The van der Waals surface area contributed by atoms with Gasteiger partial charge in [-0.05, 0) is 30.5 Å². The molecule has 2 heterocycles. The summed E-state index contributed by atoms with van der Waals surface area (Å²) >= 11 is 1.42. The fraction of sp³-hybridized carbons (Fsp3) is 0.231. The van der Waals surface area contributed by atoms with Gasteiger partial charge in [-0.25, -0.2) is 4.98 Å². The van der Waals surface area contributed by atoms with Crippen molar-refractivity contribution in [2.45, 2.75) is 25.2 Å². The van der Waals surface area contributed by atoms with Crippen LogP contribution in [-0.2, 0) is 16.0 Å². The Kier molecular flexibility index (Phi) is 7.68. The van der Waals surface area contributed by atoms with Gasteiger partial charge in [0.15, 0.2) is 0 Å². The van der Waals surface area contributed by atoms with Gasteiger partial charge < -0.3 is 4.90 Å². The van der Waals surface area contributed by atoms with Gasteiger partial charge in [-0.1, -0.05) is 54.5 Å². The van der Waals surface area contributed by atoms with E-state index in [4.69, 9.17) is 0 Å². The van der Waals surface area contributed by atoms with Crippen LogP contribution in [0.5, 0.6) is 0 Å². The van der Waals surface area contributed by atoms with Crippen LogP contribution in [0, 0.1) is 11.8 Å². The smallest absolute Gasteiger partial charge is 0.298 e. The fourth-order valence-corrected chi connectivity index (χ4v) is 4.62. The van der Waals surface area contributed by atoms with Crippen molar-refractivity contribution >= 4 is 29.1 Å². The van der Waals surface area contributed by atoms with Gasteiger partial charge in [-0.15, -0.1) is 11.3 Å². The molecule has 2 N–H and O–H groups in total. The minimum atomic E-state index is -0.451. The molecule has 3 aromatic rings. The van der Waals surface area contributed by atoms with Crippen LogP contribution in [0.4, 0.5) is 0 Å². The molecule has 7 nitrogen and oxygen atoms in total. The normalized spacial score (nSPS) is 13.5. The molecule has 1 aromatic heterocycles. The van der Waals surface area contributed by atoms with Crippen LogP contribution in [0.3, 0.4) is 0 Å². The van der Waals surface area contributed by atoms with Gasteiger partial charge in [0, 0.05) is 35.9 Å². The Labute approximate surface area is 202 Å². The van der Waals surface area contributed by atoms with Gasteiger partial charge in [-0.3, -0.25) is 25.2 Å². The number of nitrogens with one attached hydrogen (secondary N) is 2. The molecule has 1 aliphatic rings. The topological polar surface area (TPSA) is 91.4 Å². The number of hydrogen-bond acceptors (Lipinski definition) is 5. The van der Waals surface area contributed by atoms with E-state index in [1.165, 1.54) is 11.3 Å². The highest BCUT2D eigenvalue weighted by molar-refractivity contribution is 7.09. The molecule has 0 aliphatic carbocycles. The zero-order valence-electron chi connectivity index (χ0n) is 18.5. The third-order valence-electron chi connectivity index (χ3n) is 5.50. The van der Waals surface area contributed by atoms with E-state index in [1.54, 1.807) is 10.3 Å². The van der Waals surface area contributed by atoms with Crippen LogP contribution in [0.15, 0.2) is 66.0 Å². The summed E-state index contributed by atoms with van der Waals surface area (Å²) in [5, 5.41) is 2.56. The summed E-state index contributed by atoms with van der Waals surface area (Å²) in [6.45, 7) is 1.20. The van der Waals surface area contributed by atoms with E-state index in [9.17, 15) is 14.4 Å². The molecule has 8 heteroatoms. The minimum absolute atomic E-state index is 0.173. The molecule has 3 amide bonds. The molecule has 34 heavy (non-hydrogen) atoms. The van der Waals surface area contributed by atoms with E-state index >= 15 is 0 Å². The second-order valence-electron chi connectivity index (χ2n) is 7.92. The lowest BCUT2D eigenvalue weighted by Gasteiger charge is -2.29. The van der Waals surface area contributed by atoms with Gasteiger partial charge >= 0.3 is 0 Å². The van der Waals surface area contributed by atoms with E-state index in [-0.39, 0.29) is 29.8 Å². The average Bonchev–Trinajstić information content (AvgIpc) is 3.38. The fourth-order valence-electron chi connectivity index (χ4n) is 3.65. The maximum Gasteiger partial charge on any atom is 0.298 e. The van der Waals surface area contributed by atoms with E-state index in [0.29, 0.717) is 13.1 Å². The number of rotatable bonds is 4. The first-order valence-corrected chi connectivity index (χ1v) is 11.9. The Morgan fingerprint density at radius 3 is 2.35 bits per heavy atom. The van der Waals surface area contributed by atoms with Crippen molar-refractivity contribution in [2.75, 3.05) is 13.1 Å². The number of carbonyl (C=O) groups is 3. The molecule has 1 saturated heterocycles. The monoisotopic (exact) mass is 472 g/mol. The average molecular weight is 473 g/mol. The number of piperidine rings is 1. The number of thiazole rings is 1. The number of aromatic nitrogens is 1. The van der Waals surface area contributed by atoms with E-state index in [1.807, 2.05) is 60.7 Å². The van der Waals surface area contributed by atoms with Crippen LogP contribution in [-0.4, -0.2) is 40.7 Å². The van der Waals surface area contributed by atoms with Crippen molar-refractivity contribution in [3.8, 4) is 11.8 Å².